The monoisotopic (exact) mass is 245 g/mol. The highest BCUT2D eigenvalue weighted by atomic mass is 32.2. The molecule has 2 heterocycles. The number of hydrogen-bond acceptors (Lipinski definition) is 3. The summed E-state index contributed by atoms with van der Waals surface area (Å²) in [7, 11) is 1.73. The summed E-state index contributed by atoms with van der Waals surface area (Å²) < 4.78 is 5.47. The van der Waals surface area contributed by atoms with E-state index in [1.807, 2.05) is 23.9 Å². The summed E-state index contributed by atoms with van der Waals surface area (Å²) in [6, 6.07) is 6.08. The first kappa shape index (κ1) is 10.9. The third kappa shape index (κ3) is 1.61. The van der Waals surface area contributed by atoms with Gasteiger partial charge in [-0.25, -0.2) is 0 Å². The van der Waals surface area contributed by atoms with E-state index in [4.69, 9.17) is 9.72 Å². The first-order chi connectivity index (χ1) is 8.20. The Morgan fingerprint density at radius 3 is 3.00 bits per heavy atom. The number of methoxy groups -OCH3 is 1. The normalized spacial score (nSPS) is 18.4. The molecular formula is C14H15NOS. The van der Waals surface area contributed by atoms with Crippen molar-refractivity contribution < 1.29 is 4.74 Å². The first-order valence-electron chi connectivity index (χ1n) is 5.83. The minimum absolute atomic E-state index is 0.640. The molecule has 2 aromatic rings. The van der Waals surface area contributed by atoms with E-state index in [-0.39, 0.29) is 0 Å². The van der Waals surface area contributed by atoms with Gasteiger partial charge in [0.15, 0.2) is 0 Å². The van der Waals surface area contributed by atoms with Crippen molar-refractivity contribution in [2.75, 3.05) is 7.11 Å². The largest absolute Gasteiger partial charge is 0.496 e. The summed E-state index contributed by atoms with van der Waals surface area (Å²) in [5, 5.41) is 1.82. The SMILES string of the molecule is COc1cccc2nc(C)c3c(c12)SC(C)C3. The van der Waals surface area contributed by atoms with Gasteiger partial charge in [-0.15, -0.1) is 11.8 Å². The van der Waals surface area contributed by atoms with Gasteiger partial charge in [0, 0.05) is 15.8 Å². The maximum absolute atomic E-state index is 5.47. The average molecular weight is 245 g/mol. The second-order valence-corrected chi connectivity index (χ2v) is 5.94. The van der Waals surface area contributed by atoms with Crippen LogP contribution in [0.15, 0.2) is 23.1 Å². The lowest BCUT2D eigenvalue weighted by atomic mass is 10.1. The van der Waals surface area contributed by atoms with Crippen molar-refractivity contribution in [1.29, 1.82) is 0 Å². The third-order valence-electron chi connectivity index (χ3n) is 3.26. The van der Waals surface area contributed by atoms with Crippen LogP contribution in [0, 0.1) is 6.92 Å². The van der Waals surface area contributed by atoms with Crippen molar-refractivity contribution >= 4 is 22.7 Å². The maximum atomic E-state index is 5.47. The zero-order chi connectivity index (χ0) is 12.0. The molecule has 0 radical (unpaired) electrons. The molecule has 0 N–H and O–H groups in total. The Morgan fingerprint density at radius 1 is 1.41 bits per heavy atom. The maximum Gasteiger partial charge on any atom is 0.129 e. The van der Waals surface area contributed by atoms with Crippen LogP contribution in [0.2, 0.25) is 0 Å². The predicted molar refractivity (Wildman–Crippen MR) is 72.1 cm³/mol. The number of aryl methyl sites for hydroxylation is 1. The molecule has 17 heavy (non-hydrogen) atoms. The third-order valence-corrected chi connectivity index (χ3v) is 4.52. The highest BCUT2D eigenvalue weighted by Gasteiger charge is 2.25. The summed E-state index contributed by atoms with van der Waals surface area (Å²) in [6.45, 7) is 4.38. The van der Waals surface area contributed by atoms with Gasteiger partial charge in [0.25, 0.3) is 0 Å². The van der Waals surface area contributed by atoms with Crippen LogP contribution in [0.4, 0.5) is 0 Å². The molecule has 1 atom stereocenters. The Bertz CT molecular complexity index is 594. The van der Waals surface area contributed by atoms with Crippen molar-refractivity contribution in [1.82, 2.24) is 4.98 Å². The van der Waals surface area contributed by atoms with Crippen molar-refractivity contribution in [3.63, 3.8) is 0 Å². The molecule has 0 saturated carbocycles. The number of fused-ring (bicyclic) bond motifs is 3. The van der Waals surface area contributed by atoms with E-state index in [1.165, 1.54) is 15.8 Å². The van der Waals surface area contributed by atoms with Crippen LogP contribution in [0.1, 0.15) is 18.2 Å². The minimum Gasteiger partial charge on any atom is -0.496 e. The molecule has 0 aliphatic carbocycles. The lowest BCUT2D eigenvalue weighted by Gasteiger charge is -2.10. The molecule has 3 heteroatoms. The number of nitrogens with zero attached hydrogens (tertiary/aromatic N) is 1. The summed E-state index contributed by atoms with van der Waals surface area (Å²) in [6.07, 6.45) is 1.12. The summed E-state index contributed by atoms with van der Waals surface area (Å²) in [4.78, 5) is 6.07. The van der Waals surface area contributed by atoms with E-state index in [9.17, 15) is 0 Å². The van der Waals surface area contributed by atoms with Crippen LogP contribution in [0.25, 0.3) is 10.9 Å². The van der Waals surface area contributed by atoms with Gasteiger partial charge in [0.05, 0.1) is 18.0 Å². The fourth-order valence-corrected chi connectivity index (χ4v) is 3.82. The summed E-state index contributed by atoms with van der Waals surface area (Å²) in [5.41, 5.74) is 3.61. The highest BCUT2D eigenvalue weighted by Crippen LogP contribution is 2.45. The second kappa shape index (κ2) is 3.91. The van der Waals surface area contributed by atoms with Gasteiger partial charge in [-0.05, 0) is 31.0 Å². The van der Waals surface area contributed by atoms with E-state index < -0.39 is 0 Å². The van der Waals surface area contributed by atoms with Crippen LogP contribution >= 0.6 is 11.8 Å². The molecule has 0 amide bonds. The van der Waals surface area contributed by atoms with Gasteiger partial charge in [-0.3, -0.25) is 4.98 Å². The molecule has 1 aromatic heterocycles. The molecule has 1 aromatic carbocycles. The number of benzene rings is 1. The molecule has 0 bridgehead atoms. The Hall–Kier alpha value is -1.22. The molecule has 1 unspecified atom stereocenters. The van der Waals surface area contributed by atoms with Gasteiger partial charge < -0.3 is 4.74 Å². The van der Waals surface area contributed by atoms with Gasteiger partial charge in [-0.1, -0.05) is 13.0 Å². The van der Waals surface area contributed by atoms with Crippen molar-refractivity contribution in [2.24, 2.45) is 0 Å². The quantitative estimate of drug-likeness (QED) is 0.766. The Balaban J connectivity index is 2.39. The lowest BCUT2D eigenvalue weighted by Crippen LogP contribution is -1.97. The molecule has 0 saturated heterocycles. The molecule has 88 valence electrons. The molecule has 0 fully saturated rings. The predicted octanol–water partition coefficient (Wildman–Crippen LogP) is 3.59. The van der Waals surface area contributed by atoms with E-state index in [0.29, 0.717) is 5.25 Å². The number of pyridine rings is 1. The summed E-state index contributed by atoms with van der Waals surface area (Å²) in [5.74, 6) is 0.938. The van der Waals surface area contributed by atoms with Crippen LogP contribution < -0.4 is 4.74 Å². The smallest absolute Gasteiger partial charge is 0.129 e. The van der Waals surface area contributed by atoms with E-state index in [1.54, 1.807) is 7.11 Å². The first-order valence-corrected chi connectivity index (χ1v) is 6.71. The lowest BCUT2D eigenvalue weighted by molar-refractivity contribution is 0.419. The van der Waals surface area contributed by atoms with Gasteiger partial charge in [0.2, 0.25) is 0 Å². The van der Waals surface area contributed by atoms with Crippen LogP contribution in [0.3, 0.4) is 0 Å². The Morgan fingerprint density at radius 2 is 2.24 bits per heavy atom. The molecule has 2 nitrogen and oxygen atoms in total. The molecule has 0 spiro atoms. The molecule has 1 aliphatic heterocycles. The van der Waals surface area contributed by atoms with E-state index in [0.717, 1.165) is 23.4 Å². The van der Waals surface area contributed by atoms with Crippen LogP contribution in [0.5, 0.6) is 5.75 Å². The minimum atomic E-state index is 0.640. The number of rotatable bonds is 1. The topological polar surface area (TPSA) is 22.1 Å². The van der Waals surface area contributed by atoms with Gasteiger partial charge >= 0.3 is 0 Å². The van der Waals surface area contributed by atoms with Crippen molar-refractivity contribution in [3.05, 3.63) is 29.5 Å². The average Bonchev–Trinajstić information content (AvgIpc) is 2.70. The van der Waals surface area contributed by atoms with Gasteiger partial charge in [0.1, 0.15) is 5.75 Å². The highest BCUT2D eigenvalue weighted by molar-refractivity contribution is 8.00. The number of hydrogen-bond donors (Lipinski definition) is 0. The Kier molecular flexibility index (Phi) is 2.51. The van der Waals surface area contributed by atoms with Crippen molar-refractivity contribution in [3.8, 4) is 5.75 Å². The van der Waals surface area contributed by atoms with Crippen LogP contribution in [-0.2, 0) is 6.42 Å². The fraction of sp³-hybridized carbons (Fsp3) is 0.357. The van der Waals surface area contributed by atoms with E-state index in [2.05, 4.69) is 19.9 Å². The fourth-order valence-electron chi connectivity index (χ4n) is 2.48. The standard InChI is InChI=1S/C14H15NOS/c1-8-7-10-9(2)15-11-5-4-6-12(16-3)13(11)14(10)17-8/h4-6,8H,7H2,1-3H3. The number of thioether (sulfide) groups is 1. The zero-order valence-electron chi connectivity index (χ0n) is 10.3. The molecular weight excluding hydrogens is 230 g/mol. The Labute approximate surface area is 105 Å². The molecule has 3 rings (SSSR count). The van der Waals surface area contributed by atoms with Gasteiger partial charge in [-0.2, -0.15) is 0 Å². The summed E-state index contributed by atoms with van der Waals surface area (Å²) >= 11 is 1.94. The van der Waals surface area contributed by atoms with Crippen LogP contribution in [-0.4, -0.2) is 17.3 Å². The van der Waals surface area contributed by atoms with Crippen molar-refractivity contribution in [2.45, 2.75) is 30.4 Å². The number of aromatic nitrogens is 1. The zero-order valence-corrected chi connectivity index (χ0v) is 11.1. The second-order valence-electron chi connectivity index (χ2n) is 4.49. The number of ether oxygens (including phenoxy) is 1. The molecule has 1 aliphatic rings. The van der Waals surface area contributed by atoms with E-state index >= 15 is 0 Å².